The molecule has 118 valence electrons. The Morgan fingerprint density at radius 2 is 2.10 bits per heavy atom. The molecular weight excluding hydrogens is 262 g/mol. The molecule has 1 atom stereocenters. The van der Waals surface area contributed by atoms with Gasteiger partial charge in [-0.25, -0.2) is 0 Å². The first-order chi connectivity index (χ1) is 9.94. The van der Waals surface area contributed by atoms with Crippen LogP contribution in [0.2, 0.25) is 0 Å². The van der Waals surface area contributed by atoms with Gasteiger partial charge in [0, 0.05) is 18.3 Å². The van der Waals surface area contributed by atoms with Crippen molar-refractivity contribution in [2.45, 2.75) is 89.6 Å². The van der Waals surface area contributed by atoms with Crippen molar-refractivity contribution >= 4 is 0 Å². The number of hydrogen-bond acceptors (Lipinski definition) is 3. The van der Waals surface area contributed by atoms with Gasteiger partial charge in [-0.05, 0) is 52.5 Å². The first-order valence-electron chi connectivity index (χ1n) is 8.39. The van der Waals surface area contributed by atoms with Crippen molar-refractivity contribution in [2.24, 2.45) is 0 Å². The number of aromatic nitrogens is 2. The van der Waals surface area contributed by atoms with Crippen molar-refractivity contribution in [3.8, 4) is 0 Å². The Balaban J connectivity index is 1.51. The summed E-state index contributed by atoms with van der Waals surface area (Å²) in [5, 5.41) is 8.14. The smallest absolute Gasteiger partial charge is 0.0779 e. The van der Waals surface area contributed by atoms with Crippen molar-refractivity contribution in [2.75, 3.05) is 0 Å². The van der Waals surface area contributed by atoms with Gasteiger partial charge in [0.05, 0.1) is 23.9 Å². The molecule has 1 saturated carbocycles. The highest BCUT2D eigenvalue weighted by Crippen LogP contribution is 2.43. The van der Waals surface area contributed by atoms with Crippen LogP contribution in [0.5, 0.6) is 0 Å². The molecule has 0 aromatic carbocycles. The third kappa shape index (κ3) is 3.86. The number of rotatable bonds is 4. The molecule has 1 aliphatic heterocycles. The van der Waals surface area contributed by atoms with Crippen LogP contribution >= 0.6 is 0 Å². The molecule has 0 bridgehead atoms. The molecule has 1 aromatic rings. The van der Waals surface area contributed by atoms with Crippen molar-refractivity contribution in [3.05, 3.63) is 18.0 Å². The van der Waals surface area contributed by atoms with E-state index in [0.717, 1.165) is 18.8 Å². The first kappa shape index (κ1) is 15.0. The van der Waals surface area contributed by atoms with Gasteiger partial charge in [-0.3, -0.25) is 4.68 Å². The lowest BCUT2D eigenvalue weighted by Crippen LogP contribution is -2.35. The van der Waals surface area contributed by atoms with Crippen LogP contribution in [0.3, 0.4) is 0 Å². The molecule has 1 spiro atoms. The lowest BCUT2D eigenvalue weighted by Gasteiger charge is -2.23. The van der Waals surface area contributed by atoms with E-state index in [4.69, 9.17) is 4.74 Å². The molecule has 3 rings (SSSR count). The Bertz CT molecular complexity index is 469. The molecule has 2 fully saturated rings. The normalized spacial score (nSPS) is 25.0. The third-order valence-corrected chi connectivity index (χ3v) is 4.74. The van der Waals surface area contributed by atoms with E-state index in [-0.39, 0.29) is 11.1 Å². The van der Waals surface area contributed by atoms with Gasteiger partial charge in [-0.2, -0.15) is 5.10 Å². The molecule has 4 nitrogen and oxygen atoms in total. The van der Waals surface area contributed by atoms with Crippen LogP contribution in [0.4, 0.5) is 0 Å². The number of nitrogens with zero attached hydrogens (tertiary/aromatic N) is 2. The molecule has 2 heterocycles. The standard InChI is InChI=1S/C17H29N3O/c1-16(2,3)18-12-14-7-11-20(19-14)13-15-6-10-17(21-15)8-4-5-9-17/h7,11,15,18H,4-6,8-10,12-13H2,1-3H3. The Kier molecular flexibility index (Phi) is 4.10. The number of hydrogen-bond donors (Lipinski definition) is 1. The van der Waals surface area contributed by atoms with Gasteiger partial charge in [0.2, 0.25) is 0 Å². The second-order valence-corrected chi connectivity index (χ2v) is 7.80. The zero-order chi connectivity index (χ0) is 14.9. The fraction of sp³-hybridized carbons (Fsp3) is 0.824. The summed E-state index contributed by atoms with van der Waals surface area (Å²) >= 11 is 0. The maximum absolute atomic E-state index is 6.36. The van der Waals surface area contributed by atoms with Crippen LogP contribution in [0, 0.1) is 0 Å². The lowest BCUT2D eigenvalue weighted by molar-refractivity contribution is -0.0429. The molecule has 1 unspecified atom stereocenters. The molecule has 0 radical (unpaired) electrons. The zero-order valence-corrected chi connectivity index (χ0v) is 13.7. The highest BCUT2D eigenvalue weighted by Gasteiger charge is 2.42. The summed E-state index contributed by atoms with van der Waals surface area (Å²) in [6.45, 7) is 8.26. The van der Waals surface area contributed by atoms with Crippen molar-refractivity contribution in [3.63, 3.8) is 0 Å². The topological polar surface area (TPSA) is 39.1 Å². The molecule has 1 aliphatic carbocycles. The summed E-state index contributed by atoms with van der Waals surface area (Å²) in [5.41, 5.74) is 1.47. The second-order valence-electron chi connectivity index (χ2n) is 7.80. The van der Waals surface area contributed by atoms with Crippen molar-refractivity contribution < 1.29 is 4.74 Å². The fourth-order valence-corrected chi connectivity index (χ4v) is 3.58. The average Bonchev–Trinajstić information content (AvgIpc) is 3.11. The van der Waals surface area contributed by atoms with Crippen molar-refractivity contribution in [1.82, 2.24) is 15.1 Å². The molecule has 1 aromatic heterocycles. The maximum atomic E-state index is 6.36. The van der Waals surface area contributed by atoms with Crippen LogP contribution in [0.15, 0.2) is 12.3 Å². The quantitative estimate of drug-likeness (QED) is 0.925. The largest absolute Gasteiger partial charge is 0.370 e. The summed E-state index contributed by atoms with van der Waals surface area (Å²) in [6, 6.07) is 2.11. The highest BCUT2D eigenvalue weighted by atomic mass is 16.5. The monoisotopic (exact) mass is 291 g/mol. The summed E-state index contributed by atoms with van der Waals surface area (Å²) in [4.78, 5) is 0. The predicted octanol–water partition coefficient (Wildman–Crippen LogP) is 3.26. The maximum Gasteiger partial charge on any atom is 0.0779 e. The van der Waals surface area contributed by atoms with E-state index < -0.39 is 0 Å². The Morgan fingerprint density at radius 1 is 1.33 bits per heavy atom. The van der Waals surface area contributed by atoms with Gasteiger partial charge in [-0.15, -0.1) is 0 Å². The van der Waals surface area contributed by atoms with Gasteiger partial charge in [-0.1, -0.05) is 12.8 Å². The molecule has 0 amide bonds. The zero-order valence-electron chi connectivity index (χ0n) is 13.7. The summed E-state index contributed by atoms with van der Waals surface area (Å²) in [6.07, 6.45) is 10.1. The minimum absolute atomic E-state index is 0.132. The predicted molar refractivity (Wildman–Crippen MR) is 84.1 cm³/mol. The van der Waals surface area contributed by atoms with E-state index in [1.54, 1.807) is 0 Å². The van der Waals surface area contributed by atoms with Crippen LogP contribution in [0.25, 0.3) is 0 Å². The first-order valence-corrected chi connectivity index (χ1v) is 8.39. The average molecular weight is 291 g/mol. The molecule has 1 saturated heterocycles. The van der Waals surface area contributed by atoms with Crippen LogP contribution in [-0.4, -0.2) is 27.0 Å². The third-order valence-electron chi connectivity index (χ3n) is 4.74. The summed E-state index contributed by atoms with van der Waals surface area (Å²) < 4.78 is 8.41. The minimum atomic E-state index is 0.132. The molecule has 21 heavy (non-hydrogen) atoms. The van der Waals surface area contributed by atoms with E-state index in [2.05, 4.69) is 48.1 Å². The lowest BCUT2D eigenvalue weighted by atomic mass is 9.98. The number of nitrogens with one attached hydrogen (secondary N) is 1. The molecular formula is C17H29N3O. The Hall–Kier alpha value is -0.870. The Morgan fingerprint density at radius 3 is 2.81 bits per heavy atom. The van der Waals surface area contributed by atoms with E-state index >= 15 is 0 Å². The molecule has 4 heteroatoms. The van der Waals surface area contributed by atoms with Crippen LogP contribution < -0.4 is 5.32 Å². The van der Waals surface area contributed by atoms with Crippen molar-refractivity contribution in [1.29, 1.82) is 0 Å². The van der Waals surface area contributed by atoms with Gasteiger partial charge >= 0.3 is 0 Å². The molecule has 1 N–H and O–H groups in total. The van der Waals surface area contributed by atoms with Crippen LogP contribution in [0.1, 0.15) is 65.0 Å². The van der Waals surface area contributed by atoms with Gasteiger partial charge in [0.1, 0.15) is 0 Å². The van der Waals surface area contributed by atoms with Gasteiger partial charge < -0.3 is 10.1 Å². The van der Waals surface area contributed by atoms with E-state index in [1.807, 2.05) is 0 Å². The molecule has 2 aliphatic rings. The summed E-state index contributed by atoms with van der Waals surface area (Å²) in [5.74, 6) is 0. The number of ether oxygens (including phenoxy) is 1. The van der Waals surface area contributed by atoms with Gasteiger partial charge in [0.25, 0.3) is 0 Å². The second kappa shape index (κ2) is 5.73. The highest BCUT2D eigenvalue weighted by molar-refractivity contribution is 5.00. The van der Waals surface area contributed by atoms with E-state index in [9.17, 15) is 0 Å². The fourth-order valence-electron chi connectivity index (χ4n) is 3.58. The van der Waals surface area contributed by atoms with E-state index in [0.29, 0.717) is 6.10 Å². The summed E-state index contributed by atoms with van der Waals surface area (Å²) in [7, 11) is 0. The van der Waals surface area contributed by atoms with Crippen LogP contribution in [-0.2, 0) is 17.8 Å². The SMILES string of the molecule is CC(C)(C)NCc1ccn(CC2CCC3(CCCC3)O2)n1. The Labute approximate surface area is 128 Å². The van der Waals surface area contributed by atoms with E-state index in [1.165, 1.54) is 38.5 Å². The van der Waals surface area contributed by atoms with Gasteiger partial charge in [0.15, 0.2) is 0 Å². The minimum Gasteiger partial charge on any atom is -0.370 e.